The predicted octanol–water partition coefficient (Wildman–Crippen LogP) is 2.01. The first-order valence-corrected chi connectivity index (χ1v) is 6.64. The standard InChI is InChI=1S/C12H13N5O4S/c1-3-10-14-15-12(22)16(10)13-6-7-4-8(17(19)20)5-9(21-2)11(7)18/h4-6,18H,3H2,1-2H3,(H,15,22)/b13-6-. The summed E-state index contributed by atoms with van der Waals surface area (Å²) in [6.07, 6.45) is 1.85. The Kier molecular flexibility index (Phi) is 4.51. The van der Waals surface area contributed by atoms with Crippen LogP contribution in [0.5, 0.6) is 11.5 Å². The van der Waals surface area contributed by atoms with Gasteiger partial charge in [0, 0.05) is 18.1 Å². The number of aromatic amines is 1. The Morgan fingerprint density at radius 2 is 2.36 bits per heavy atom. The molecular weight excluding hydrogens is 310 g/mol. The minimum Gasteiger partial charge on any atom is -0.504 e. The lowest BCUT2D eigenvalue weighted by molar-refractivity contribution is -0.385. The fraction of sp³-hybridized carbons (Fsp3) is 0.250. The molecule has 1 heterocycles. The molecule has 0 aliphatic carbocycles. The van der Waals surface area contributed by atoms with Crippen LogP contribution in [0.15, 0.2) is 17.2 Å². The minimum atomic E-state index is -0.583. The summed E-state index contributed by atoms with van der Waals surface area (Å²) in [6.45, 7) is 1.88. The topological polar surface area (TPSA) is 119 Å². The molecule has 22 heavy (non-hydrogen) atoms. The molecule has 10 heteroatoms. The number of phenolic OH excluding ortho intramolecular Hbond substituents is 1. The van der Waals surface area contributed by atoms with Crippen LogP contribution in [0.3, 0.4) is 0 Å². The highest BCUT2D eigenvalue weighted by molar-refractivity contribution is 7.71. The maximum atomic E-state index is 10.9. The summed E-state index contributed by atoms with van der Waals surface area (Å²) in [6, 6.07) is 2.32. The highest BCUT2D eigenvalue weighted by Crippen LogP contribution is 2.33. The number of nitrogens with zero attached hydrogens (tertiary/aromatic N) is 4. The Bertz CT molecular complexity index is 795. The summed E-state index contributed by atoms with van der Waals surface area (Å²) < 4.78 is 6.58. The van der Waals surface area contributed by atoms with Crippen molar-refractivity contribution in [2.75, 3.05) is 7.11 Å². The molecule has 0 bridgehead atoms. The van der Waals surface area contributed by atoms with Crippen molar-refractivity contribution < 1.29 is 14.8 Å². The van der Waals surface area contributed by atoms with Gasteiger partial charge in [0.25, 0.3) is 5.69 Å². The smallest absolute Gasteiger partial charge is 0.274 e. The van der Waals surface area contributed by atoms with Gasteiger partial charge in [-0.05, 0) is 12.2 Å². The molecule has 2 aromatic rings. The average molecular weight is 323 g/mol. The molecule has 2 N–H and O–H groups in total. The van der Waals surface area contributed by atoms with E-state index in [-0.39, 0.29) is 27.5 Å². The monoisotopic (exact) mass is 323 g/mol. The van der Waals surface area contributed by atoms with Crippen molar-refractivity contribution in [2.45, 2.75) is 13.3 Å². The van der Waals surface area contributed by atoms with Crippen LogP contribution < -0.4 is 4.74 Å². The number of aromatic nitrogens is 3. The van der Waals surface area contributed by atoms with Gasteiger partial charge in [-0.1, -0.05) is 6.92 Å². The number of hydrogen-bond acceptors (Lipinski definition) is 7. The van der Waals surface area contributed by atoms with Crippen LogP contribution in [0, 0.1) is 14.9 Å². The Labute approximate surface area is 130 Å². The van der Waals surface area contributed by atoms with E-state index < -0.39 is 4.92 Å². The molecule has 0 aliphatic rings. The Hall–Kier alpha value is -2.75. The second kappa shape index (κ2) is 6.35. The van der Waals surface area contributed by atoms with Gasteiger partial charge in [0.2, 0.25) is 4.77 Å². The van der Waals surface area contributed by atoms with Gasteiger partial charge in [-0.3, -0.25) is 15.2 Å². The van der Waals surface area contributed by atoms with Gasteiger partial charge in [-0.2, -0.15) is 14.9 Å². The maximum absolute atomic E-state index is 10.9. The number of hydrogen-bond donors (Lipinski definition) is 2. The van der Waals surface area contributed by atoms with Crippen molar-refractivity contribution in [3.8, 4) is 11.5 Å². The molecular formula is C12H13N5O4S. The molecule has 0 unspecified atom stereocenters. The lowest BCUT2D eigenvalue weighted by Gasteiger charge is -2.06. The second-order valence-electron chi connectivity index (χ2n) is 4.20. The predicted molar refractivity (Wildman–Crippen MR) is 81.1 cm³/mol. The number of aryl methyl sites for hydroxylation is 1. The molecule has 0 saturated carbocycles. The van der Waals surface area contributed by atoms with Gasteiger partial charge in [-0.15, -0.1) is 0 Å². The molecule has 0 radical (unpaired) electrons. The molecule has 0 spiro atoms. The van der Waals surface area contributed by atoms with E-state index in [2.05, 4.69) is 15.3 Å². The summed E-state index contributed by atoms with van der Waals surface area (Å²) in [5, 5.41) is 31.6. The third kappa shape index (κ3) is 2.96. The van der Waals surface area contributed by atoms with Crippen molar-refractivity contribution in [1.29, 1.82) is 0 Å². The molecule has 9 nitrogen and oxygen atoms in total. The van der Waals surface area contributed by atoms with Crippen LogP contribution in [0.4, 0.5) is 5.69 Å². The number of ether oxygens (including phenoxy) is 1. The number of H-pyrrole nitrogens is 1. The molecule has 1 aromatic carbocycles. The van der Waals surface area contributed by atoms with Gasteiger partial charge in [-0.25, -0.2) is 0 Å². The fourth-order valence-corrected chi connectivity index (χ4v) is 1.96. The zero-order chi connectivity index (χ0) is 16.3. The van der Waals surface area contributed by atoms with Crippen molar-refractivity contribution in [1.82, 2.24) is 14.9 Å². The summed E-state index contributed by atoms with van der Waals surface area (Å²) in [5.41, 5.74) is -0.0844. The van der Waals surface area contributed by atoms with Crippen molar-refractivity contribution in [2.24, 2.45) is 5.10 Å². The number of rotatable bonds is 5. The highest BCUT2D eigenvalue weighted by Gasteiger charge is 2.16. The summed E-state index contributed by atoms with van der Waals surface area (Å²) >= 11 is 5.04. The van der Waals surface area contributed by atoms with Crippen LogP contribution in [0.1, 0.15) is 18.3 Å². The van der Waals surface area contributed by atoms with E-state index in [1.165, 1.54) is 24.1 Å². The molecule has 1 aromatic heterocycles. The van der Waals surface area contributed by atoms with E-state index >= 15 is 0 Å². The van der Waals surface area contributed by atoms with Gasteiger partial charge < -0.3 is 9.84 Å². The van der Waals surface area contributed by atoms with E-state index in [0.29, 0.717) is 12.2 Å². The van der Waals surface area contributed by atoms with E-state index in [1.54, 1.807) is 0 Å². The number of nitro benzene ring substituents is 1. The number of benzene rings is 1. The third-order valence-corrected chi connectivity index (χ3v) is 3.13. The molecule has 0 saturated heterocycles. The highest BCUT2D eigenvalue weighted by atomic mass is 32.1. The Morgan fingerprint density at radius 1 is 1.64 bits per heavy atom. The first-order chi connectivity index (χ1) is 10.5. The molecule has 2 rings (SSSR count). The van der Waals surface area contributed by atoms with Crippen LogP contribution in [0.25, 0.3) is 0 Å². The normalized spacial score (nSPS) is 11.0. The van der Waals surface area contributed by atoms with Gasteiger partial charge in [0.05, 0.1) is 24.3 Å². The van der Waals surface area contributed by atoms with Crippen LogP contribution in [0.2, 0.25) is 0 Å². The van der Waals surface area contributed by atoms with E-state index in [4.69, 9.17) is 17.0 Å². The van der Waals surface area contributed by atoms with E-state index in [0.717, 1.165) is 6.07 Å². The van der Waals surface area contributed by atoms with Crippen molar-refractivity contribution >= 4 is 24.1 Å². The van der Waals surface area contributed by atoms with E-state index in [9.17, 15) is 15.2 Å². The Balaban J connectivity index is 2.50. The quantitative estimate of drug-likeness (QED) is 0.376. The molecule has 0 aliphatic heterocycles. The average Bonchev–Trinajstić information content (AvgIpc) is 2.86. The van der Waals surface area contributed by atoms with E-state index in [1.807, 2.05) is 6.92 Å². The zero-order valence-corrected chi connectivity index (χ0v) is 12.6. The number of methoxy groups -OCH3 is 1. The number of aromatic hydroxyl groups is 1. The van der Waals surface area contributed by atoms with Crippen LogP contribution >= 0.6 is 12.2 Å². The minimum absolute atomic E-state index is 0.0119. The molecule has 0 fully saturated rings. The second-order valence-corrected chi connectivity index (χ2v) is 4.58. The summed E-state index contributed by atoms with van der Waals surface area (Å²) in [7, 11) is 1.31. The maximum Gasteiger partial charge on any atom is 0.274 e. The molecule has 0 amide bonds. The van der Waals surface area contributed by atoms with Crippen LogP contribution in [-0.2, 0) is 6.42 Å². The lowest BCUT2D eigenvalue weighted by atomic mass is 10.2. The third-order valence-electron chi connectivity index (χ3n) is 2.87. The van der Waals surface area contributed by atoms with Crippen molar-refractivity contribution in [3.63, 3.8) is 0 Å². The Morgan fingerprint density at radius 3 is 2.95 bits per heavy atom. The van der Waals surface area contributed by atoms with Gasteiger partial charge in [0.15, 0.2) is 17.3 Å². The number of nitrogens with one attached hydrogen (secondary N) is 1. The van der Waals surface area contributed by atoms with Gasteiger partial charge in [0.1, 0.15) is 0 Å². The fourth-order valence-electron chi connectivity index (χ4n) is 1.77. The number of nitro groups is 1. The van der Waals surface area contributed by atoms with Crippen molar-refractivity contribution in [3.05, 3.63) is 38.4 Å². The lowest BCUT2D eigenvalue weighted by Crippen LogP contribution is -1.99. The first kappa shape index (κ1) is 15.6. The number of phenols is 1. The summed E-state index contributed by atoms with van der Waals surface area (Å²) in [4.78, 5) is 10.3. The van der Waals surface area contributed by atoms with Gasteiger partial charge >= 0.3 is 0 Å². The summed E-state index contributed by atoms with van der Waals surface area (Å²) in [5.74, 6) is 0.338. The largest absolute Gasteiger partial charge is 0.504 e. The molecule has 0 atom stereocenters. The van der Waals surface area contributed by atoms with Crippen LogP contribution in [-0.4, -0.2) is 38.2 Å². The molecule has 116 valence electrons. The zero-order valence-electron chi connectivity index (χ0n) is 11.8. The SMILES string of the molecule is CCc1n[nH]c(=S)n1/N=C\c1cc([N+](=O)[O-])cc(OC)c1O. The number of non-ortho nitro benzene ring substituents is 1. The first-order valence-electron chi connectivity index (χ1n) is 6.24.